The second kappa shape index (κ2) is 9.28. The molecule has 0 aliphatic rings. The van der Waals surface area contributed by atoms with Crippen molar-refractivity contribution in [2.45, 2.75) is 6.92 Å². The van der Waals surface area contributed by atoms with Crippen LogP contribution in [-0.4, -0.2) is 20.3 Å². The van der Waals surface area contributed by atoms with Gasteiger partial charge in [0.25, 0.3) is 11.5 Å². The number of nitrogens with zero attached hydrogens (tertiary/aromatic N) is 4. The highest BCUT2D eigenvalue weighted by Gasteiger charge is 2.20. The molecule has 4 aromatic rings. The molecule has 1 N–H and O–H groups in total. The van der Waals surface area contributed by atoms with Gasteiger partial charge in [-0.15, -0.1) is 11.3 Å². The lowest BCUT2D eigenvalue weighted by atomic mass is 10.2. The fourth-order valence-corrected chi connectivity index (χ4v) is 4.18. The number of para-hydroxylation sites is 1. The standard InChI is InChI=1S/C24H18ClN5O2S/c1-15-21(24(32)30(29(15)2)20-6-4-3-5-7-20)28-22(31)17(13-26)12-19-14-33-23(27-19)16-8-10-18(25)11-9-16/h3-12,14H,1-2H3,(H,28,31)/b17-12+. The molecule has 0 aliphatic carbocycles. The third-order valence-electron chi connectivity index (χ3n) is 5.06. The van der Waals surface area contributed by atoms with Gasteiger partial charge in [-0.25, -0.2) is 9.67 Å². The molecule has 2 heterocycles. The second-order valence-corrected chi connectivity index (χ2v) is 8.44. The molecule has 0 aliphatic heterocycles. The summed E-state index contributed by atoms with van der Waals surface area (Å²) < 4.78 is 3.11. The molecule has 0 spiro atoms. The van der Waals surface area contributed by atoms with E-state index < -0.39 is 5.91 Å². The van der Waals surface area contributed by atoms with Crippen molar-refractivity contribution in [2.24, 2.45) is 7.05 Å². The highest BCUT2D eigenvalue weighted by molar-refractivity contribution is 7.13. The van der Waals surface area contributed by atoms with Gasteiger partial charge in [0.2, 0.25) is 0 Å². The summed E-state index contributed by atoms with van der Waals surface area (Å²) in [7, 11) is 1.73. The minimum absolute atomic E-state index is 0.118. The van der Waals surface area contributed by atoms with Gasteiger partial charge in [-0.1, -0.05) is 41.9 Å². The van der Waals surface area contributed by atoms with Crippen LogP contribution in [0.3, 0.4) is 0 Å². The van der Waals surface area contributed by atoms with Crippen LogP contribution < -0.4 is 10.9 Å². The van der Waals surface area contributed by atoms with Crippen LogP contribution in [0.15, 0.2) is 70.3 Å². The summed E-state index contributed by atoms with van der Waals surface area (Å²) in [6.07, 6.45) is 1.40. The molecule has 2 aromatic heterocycles. The minimum Gasteiger partial charge on any atom is -0.315 e. The third kappa shape index (κ3) is 4.51. The van der Waals surface area contributed by atoms with E-state index in [1.54, 1.807) is 48.3 Å². The third-order valence-corrected chi connectivity index (χ3v) is 6.22. The molecule has 0 atom stereocenters. The lowest BCUT2D eigenvalue weighted by Gasteiger charge is -2.07. The van der Waals surface area contributed by atoms with Crippen molar-refractivity contribution in [2.75, 3.05) is 5.32 Å². The molecular weight excluding hydrogens is 458 g/mol. The number of hydrogen-bond donors (Lipinski definition) is 1. The van der Waals surface area contributed by atoms with Gasteiger partial charge in [0.05, 0.1) is 17.1 Å². The molecule has 33 heavy (non-hydrogen) atoms. The SMILES string of the molecule is Cc1c(NC(=O)/C(C#N)=C/c2csc(-c3ccc(Cl)cc3)n2)c(=O)n(-c2ccccc2)n1C. The number of nitriles is 1. The summed E-state index contributed by atoms with van der Waals surface area (Å²) in [6, 6.07) is 18.2. The highest BCUT2D eigenvalue weighted by Crippen LogP contribution is 2.26. The van der Waals surface area contributed by atoms with Crippen LogP contribution in [0.1, 0.15) is 11.4 Å². The van der Waals surface area contributed by atoms with E-state index in [1.807, 2.05) is 36.4 Å². The number of amides is 1. The Bertz CT molecular complexity index is 1460. The maximum atomic E-state index is 13.0. The summed E-state index contributed by atoms with van der Waals surface area (Å²) in [6.45, 7) is 1.73. The molecule has 2 aromatic carbocycles. The minimum atomic E-state index is -0.676. The van der Waals surface area contributed by atoms with Crippen LogP contribution in [0.2, 0.25) is 5.02 Å². The normalized spacial score (nSPS) is 11.3. The van der Waals surface area contributed by atoms with E-state index in [0.29, 0.717) is 22.1 Å². The Morgan fingerprint density at radius 2 is 1.88 bits per heavy atom. The van der Waals surface area contributed by atoms with Crippen molar-refractivity contribution in [3.8, 4) is 22.3 Å². The number of aromatic nitrogens is 3. The van der Waals surface area contributed by atoms with Crippen molar-refractivity contribution in [1.29, 1.82) is 5.26 Å². The van der Waals surface area contributed by atoms with E-state index in [2.05, 4.69) is 10.3 Å². The van der Waals surface area contributed by atoms with Crippen LogP contribution in [0, 0.1) is 18.3 Å². The maximum Gasteiger partial charge on any atom is 0.295 e. The Labute approximate surface area is 198 Å². The van der Waals surface area contributed by atoms with Crippen molar-refractivity contribution < 1.29 is 4.79 Å². The Kier molecular flexibility index (Phi) is 6.27. The van der Waals surface area contributed by atoms with Gasteiger partial charge < -0.3 is 5.32 Å². The van der Waals surface area contributed by atoms with Gasteiger partial charge in [-0.05, 0) is 37.3 Å². The van der Waals surface area contributed by atoms with Crippen molar-refractivity contribution >= 4 is 40.6 Å². The quantitative estimate of drug-likeness (QED) is 0.331. The first-order valence-electron chi connectivity index (χ1n) is 9.87. The largest absolute Gasteiger partial charge is 0.315 e. The lowest BCUT2D eigenvalue weighted by molar-refractivity contribution is -0.112. The Balaban J connectivity index is 1.61. The number of thiazole rings is 1. The molecule has 0 unspecified atom stereocenters. The average Bonchev–Trinajstić information content (AvgIpc) is 3.37. The maximum absolute atomic E-state index is 13.0. The van der Waals surface area contributed by atoms with Crippen LogP contribution >= 0.6 is 22.9 Å². The molecule has 164 valence electrons. The molecule has 0 bridgehead atoms. The van der Waals surface area contributed by atoms with E-state index in [-0.39, 0.29) is 16.8 Å². The van der Waals surface area contributed by atoms with Gasteiger partial charge in [0.1, 0.15) is 22.3 Å². The fourth-order valence-electron chi connectivity index (χ4n) is 3.27. The zero-order valence-corrected chi connectivity index (χ0v) is 19.3. The first-order chi connectivity index (χ1) is 15.9. The van der Waals surface area contributed by atoms with E-state index in [9.17, 15) is 14.9 Å². The Morgan fingerprint density at radius 3 is 2.55 bits per heavy atom. The molecule has 0 fully saturated rings. The summed E-state index contributed by atoms with van der Waals surface area (Å²) in [5.41, 5.74) is 2.17. The average molecular weight is 476 g/mol. The second-order valence-electron chi connectivity index (χ2n) is 7.14. The summed E-state index contributed by atoms with van der Waals surface area (Å²) in [5.74, 6) is -0.676. The molecular formula is C24H18ClN5O2S. The van der Waals surface area contributed by atoms with Gasteiger partial charge in [-0.3, -0.25) is 14.3 Å². The zero-order chi connectivity index (χ0) is 23.5. The Hall–Kier alpha value is -3.93. The summed E-state index contributed by atoms with van der Waals surface area (Å²) in [4.78, 5) is 30.3. The van der Waals surface area contributed by atoms with Crippen LogP contribution in [-0.2, 0) is 11.8 Å². The van der Waals surface area contributed by atoms with Crippen molar-refractivity contribution in [3.05, 3.63) is 92.3 Å². The number of nitrogens with one attached hydrogen (secondary N) is 1. The number of carbonyl (C=O) groups excluding carboxylic acids is 1. The van der Waals surface area contributed by atoms with Gasteiger partial charge in [0.15, 0.2) is 0 Å². The molecule has 0 radical (unpaired) electrons. The highest BCUT2D eigenvalue weighted by atomic mass is 35.5. The van der Waals surface area contributed by atoms with E-state index >= 15 is 0 Å². The van der Waals surface area contributed by atoms with Crippen molar-refractivity contribution in [1.82, 2.24) is 14.3 Å². The van der Waals surface area contributed by atoms with Gasteiger partial charge in [-0.2, -0.15) is 5.26 Å². The lowest BCUT2D eigenvalue weighted by Crippen LogP contribution is -2.23. The number of carbonyl (C=O) groups is 1. The number of rotatable bonds is 5. The van der Waals surface area contributed by atoms with Gasteiger partial charge >= 0.3 is 0 Å². The smallest absolute Gasteiger partial charge is 0.295 e. The van der Waals surface area contributed by atoms with Crippen LogP contribution in [0.25, 0.3) is 22.3 Å². The monoisotopic (exact) mass is 475 g/mol. The predicted octanol–water partition coefficient (Wildman–Crippen LogP) is 4.81. The number of benzene rings is 2. The number of hydrogen-bond acceptors (Lipinski definition) is 5. The fraction of sp³-hybridized carbons (Fsp3) is 0.0833. The number of halogens is 1. The molecule has 9 heteroatoms. The van der Waals surface area contributed by atoms with E-state index in [4.69, 9.17) is 11.6 Å². The topological polar surface area (TPSA) is 92.7 Å². The van der Waals surface area contributed by atoms with E-state index in [0.717, 1.165) is 10.6 Å². The zero-order valence-electron chi connectivity index (χ0n) is 17.7. The van der Waals surface area contributed by atoms with E-state index in [1.165, 1.54) is 22.1 Å². The predicted molar refractivity (Wildman–Crippen MR) is 131 cm³/mol. The first kappa shape index (κ1) is 22.3. The first-order valence-corrected chi connectivity index (χ1v) is 11.1. The Morgan fingerprint density at radius 1 is 1.18 bits per heavy atom. The molecule has 0 saturated carbocycles. The summed E-state index contributed by atoms with van der Waals surface area (Å²) >= 11 is 7.32. The van der Waals surface area contributed by atoms with Crippen LogP contribution in [0.4, 0.5) is 5.69 Å². The number of anilines is 1. The molecule has 1 amide bonds. The molecule has 0 saturated heterocycles. The summed E-state index contributed by atoms with van der Waals surface area (Å²) in [5, 5.41) is 15.3. The molecule has 7 nitrogen and oxygen atoms in total. The molecule has 4 rings (SSSR count). The van der Waals surface area contributed by atoms with Crippen molar-refractivity contribution in [3.63, 3.8) is 0 Å². The van der Waals surface area contributed by atoms with Gasteiger partial charge in [0, 0.05) is 23.0 Å². The van der Waals surface area contributed by atoms with Crippen LogP contribution in [0.5, 0.6) is 0 Å².